The van der Waals surface area contributed by atoms with Crippen LogP contribution in [0, 0.1) is 0 Å². The van der Waals surface area contributed by atoms with Crippen molar-refractivity contribution in [1.82, 2.24) is 19.7 Å². The van der Waals surface area contributed by atoms with Gasteiger partial charge >= 0.3 is 0 Å². The van der Waals surface area contributed by atoms with Gasteiger partial charge in [-0.2, -0.15) is 0 Å². The van der Waals surface area contributed by atoms with Crippen LogP contribution in [0.15, 0.2) is 60.0 Å². The van der Waals surface area contributed by atoms with Crippen molar-refractivity contribution in [2.24, 2.45) is 7.05 Å². The number of benzene rings is 2. The van der Waals surface area contributed by atoms with Gasteiger partial charge in [0.15, 0.2) is 5.16 Å². The Hall–Kier alpha value is -3.33. The molecule has 1 aromatic heterocycles. The Bertz CT molecular complexity index is 1100. The van der Waals surface area contributed by atoms with Crippen LogP contribution in [-0.2, 0) is 11.8 Å². The maximum atomic E-state index is 13.2. The van der Waals surface area contributed by atoms with Gasteiger partial charge < -0.3 is 19.5 Å². The molecule has 8 nitrogen and oxygen atoms in total. The second kappa shape index (κ2) is 10.5. The van der Waals surface area contributed by atoms with Crippen molar-refractivity contribution in [3.05, 3.63) is 66.0 Å². The highest BCUT2D eigenvalue weighted by atomic mass is 32.2. The van der Waals surface area contributed by atoms with E-state index in [0.717, 1.165) is 30.7 Å². The van der Waals surface area contributed by atoms with Crippen LogP contribution in [0.3, 0.4) is 0 Å². The summed E-state index contributed by atoms with van der Waals surface area (Å²) in [7, 11) is 1.83. The Morgan fingerprint density at radius 3 is 2.58 bits per heavy atom. The van der Waals surface area contributed by atoms with Crippen molar-refractivity contribution in [2.75, 3.05) is 24.2 Å². The van der Waals surface area contributed by atoms with E-state index in [9.17, 15) is 9.59 Å². The van der Waals surface area contributed by atoms with Crippen LogP contribution in [0.5, 0.6) is 5.75 Å². The average Bonchev–Trinajstić information content (AvgIpc) is 3.47. The molecule has 0 bridgehead atoms. The van der Waals surface area contributed by atoms with E-state index in [1.54, 1.807) is 35.2 Å². The number of nitrogens with zero attached hydrogens (tertiary/aromatic N) is 4. The molecule has 0 radical (unpaired) electrons. The van der Waals surface area contributed by atoms with Gasteiger partial charge in [-0.05, 0) is 61.7 Å². The molecule has 4 rings (SSSR count). The largest absolute Gasteiger partial charge is 0.494 e. The second-order valence-corrected chi connectivity index (χ2v) is 8.74. The molecule has 1 N–H and O–H groups in total. The summed E-state index contributed by atoms with van der Waals surface area (Å²) in [5.74, 6) is 0.925. The van der Waals surface area contributed by atoms with Crippen molar-refractivity contribution in [2.45, 2.75) is 31.0 Å². The van der Waals surface area contributed by atoms with Crippen LogP contribution in [0.1, 0.15) is 41.7 Å². The lowest BCUT2D eigenvalue weighted by Gasteiger charge is -2.25. The zero-order chi connectivity index (χ0) is 23.2. The second-order valence-electron chi connectivity index (χ2n) is 7.80. The first-order chi connectivity index (χ1) is 16.0. The molecule has 33 heavy (non-hydrogen) atoms. The molecule has 3 aromatic rings. The summed E-state index contributed by atoms with van der Waals surface area (Å²) >= 11 is 1.32. The molecule has 2 heterocycles. The molecule has 0 unspecified atom stereocenters. The van der Waals surface area contributed by atoms with Crippen LogP contribution in [0.25, 0.3) is 0 Å². The van der Waals surface area contributed by atoms with Crippen LogP contribution in [-0.4, -0.2) is 50.4 Å². The zero-order valence-corrected chi connectivity index (χ0v) is 19.5. The number of hydrogen-bond donors (Lipinski definition) is 1. The molecule has 9 heteroatoms. The molecule has 1 saturated heterocycles. The number of amides is 2. The Balaban J connectivity index is 1.36. The highest BCUT2D eigenvalue weighted by molar-refractivity contribution is 7.99. The van der Waals surface area contributed by atoms with Gasteiger partial charge in [-0.25, -0.2) is 0 Å². The van der Waals surface area contributed by atoms with Gasteiger partial charge in [0.1, 0.15) is 12.1 Å². The maximum Gasteiger partial charge on any atom is 0.254 e. The SMILES string of the molecule is CCOc1ccc([C@H]2CCCN2C(=O)c2ccc(NC(=O)CSc3nncn3C)cc2)cc1. The maximum absolute atomic E-state index is 13.2. The van der Waals surface area contributed by atoms with Crippen molar-refractivity contribution < 1.29 is 14.3 Å². The summed E-state index contributed by atoms with van der Waals surface area (Å²) in [5.41, 5.74) is 2.38. The number of aromatic nitrogens is 3. The summed E-state index contributed by atoms with van der Waals surface area (Å²) in [6.07, 6.45) is 3.51. The number of hydrogen-bond acceptors (Lipinski definition) is 6. The fraction of sp³-hybridized carbons (Fsp3) is 0.333. The van der Waals surface area contributed by atoms with E-state index in [2.05, 4.69) is 15.5 Å². The van der Waals surface area contributed by atoms with E-state index in [0.29, 0.717) is 23.0 Å². The molecule has 2 amide bonds. The van der Waals surface area contributed by atoms with Crippen LogP contribution < -0.4 is 10.1 Å². The van der Waals surface area contributed by atoms with Crippen molar-refractivity contribution >= 4 is 29.3 Å². The fourth-order valence-electron chi connectivity index (χ4n) is 3.90. The minimum absolute atomic E-state index is 0.00194. The first-order valence-electron chi connectivity index (χ1n) is 11.0. The first kappa shape index (κ1) is 22.8. The van der Waals surface area contributed by atoms with E-state index in [-0.39, 0.29) is 23.6 Å². The molecular formula is C24H27N5O3S. The van der Waals surface area contributed by atoms with Gasteiger partial charge in [-0.15, -0.1) is 10.2 Å². The van der Waals surface area contributed by atoms with E-state index < -0.39 is 0 Å². The lowest BCUT2D eigenvalue weighted by atomic mass is 10.0. The standard InChI is InChI=1S/C24H27N5O3S/c1-3-32-20-12-8-17(9-13-20)21-5-4-14-29(21)23(31)18-6-10-19(11-7-18)26-22(30)15-33-24-27-25-16-28(24)2/h6-13,16,21H,3-5,14-15H2,1-2H3,(H,26,30)/t21-/m1/s1. The minimum Gasteiger partial charge on any atom is -0.494 e. The van der Waals surface area contributed by atoms with Crippen molar-refractivity contribution in [3.63, 3.8) is 0 Å². The third-order valence-electron chi connectivity index (χ3n) is 5.51. The smallest absolute Gasteiger partial charge is 0.254 e. The number of carbonyl (C=O) groups is 2. The number of nitrogens with one attached hydrogen (secondary N) is 1. The Morgan fingerprint density at radius 1 is 1.15 bits per heavy atom. The van der Waals surface area contributed by atoms with E-state index in [1.165, 1.54) is 11.8 Å². The monoisotopic (exact) mass is 465 g/mol. The van der Waals surface area contributed by atoms with Crippen LogP contribution in [0.2, 0.25) is 0 Å². The van der Waals surface area contributed by atoms with Gasteiger partial charge in [0.05, 0.1) is 18.4 Å². The van der Waals surface area contributed by atoms with Crippen LogP contribution in [0.4, 0.5) is 5.69 Å². The third kappa shape index (κ3) is 5.54. The highest BCUT2D eigenvalue weighted by Gasteiger charge is 2.30. The van der Waals surface area contributed by atoms with E-state index in [1.807, 2.05) is 43.1 Å². The molecule has 1 aliphatic rings. The summed E-state index contributed by atoms with van der Waals surface area (Å²) < 4.78 is 7.29. The van der Waals surface area contributed by atoms with Gasteiger partial charge in [0, 0.05) is 24.8 Å². The number of anilines is 1. The number of carbonyl (C=O) groups excluding carboxylic acids is 2. The molecule has 1 fully saturated rings. The minimum atomic E-state index is -0.141. The first-order valence-corrected chi connectivity index (χ1v) is 11.9. The van der Waals surface area contributed by atoms with Gasteiger partial charge in [0.2, 0.25) is 5.91 Å². The molecule has 1 atom stereocenters. The summed E-state index contributed by atoms with van der Waals surface area (Å²) in [6, 6.07) is 15.1. The Labute approximate surface area is 197 Å². The Morgan fingerprint density at radius 2 is 1.91 bits per heavy atom. The number of rotatable bonds is 8. The predicted octanol–water partition coefficient (Wildman–Crippen LogP) is 3.92. The topological polar surface area (TPSA) is 89.3 Å². The van der Waals surface area contributed by atoms with Crippen molar-refractivity contribution in [3.8, 4) is 5.75 Å². The molecule has 0 saturated carbocycles. The summed E-state index contributed by atoms with van der Waals surface area (Å²) in [4.78, 5) is 27.4. The lowest BCUT2D eigenvalue weighted by molar-refractivity contribution is -0.113. The molecule has 0 spiro atoms. The van der Waals surface area contributed by atoms with Gasteiger partial charge in [0.25, 0.3) is 5.91 Å². The normalized spacial score (nSPS) is 15.5. The lowest BCUT2D eigenvalue weighted by Crippen LogP contribution is -2.30. The Kier molecular flexibility index (Phi) is 7.29. The van der Waals surface area contributed by atoms with Crippen molar-refractivity contribution in [1.29, 1.82) is 0 Å². The zero-order valence-electron chi connectivity index (χ0n) is 18.7. The average molecular weight is 466 g/mol. The summed E-state index contributed by atoms with van der Waals surface area (Å²) in [5, 5.41) is 11.3. The van der Waals surface area contributed by atoms with Gasteiger partial charge in [-0.3, -0.25) is 9.59 Å². The molecule has 0 aliphatic carbocycles. The highest BCUT2D eigenvalue weighted by Crippen LogP contribution is 2.34. The third-order valence-corrected chi connectivity index (χ3v) is 6.54. The number of likely N-dealkylation sites (tertiary alicyclic amines) is 1. The number of aryl methyl sites for hydroxylation is 1. The van der Waals surface area contributed by atoms with E-state index >= 15 is 0 Å². The summed E-state index contributed by atoms with van der Waals surface area (Å²) in [6.45, 7) is 3.32. The molecule has 2 aromatic carbocycles. The van der Waals surface area contributed by atoms with E-state index in [4.69, 9.17) is 4.74 Å². The van der Waals surface area contributed by atoms with Crippen LogP contribution >= 0.6 is 11.8 Å². The molecule has 172 valence electrons. The molecular weight excluding hydrogens is 438 g/mol. The fourth-order valence-corrected chi connectivity index (χ4v) is 4.59. The predicted molar refractivity (Wildman–Crippen MR) is 127 cm³/mol. The number of ether oxygens (including phenoxy) is 1. The van der Waals surface area contributed by atoms with Gasteiger partial charge in [-0.1, -0.05) is 23.9 Å². The quantitative estimate of drug-likeness (QED) is 0.507. The number of thioether (sulfide) groups is 1. The molecule has 1 aliphatic heterocycles.